The molecule has 2 saturated carbocycles. The van der Waals surface area contributed by atoms with Gasteiger partial charge in [-0.05, 0) is 44.9 Å². The number of nitrogens with zero attached hydrogens (tertiary/aromatic N) is 1. The predicted molar refractivity (Wildman–Crippen MR) is 65.2 cm³/mol. The summed E-state index contributed by atoms with van der Waals surface area (Å²) in [6, 6.07) is 1.31. The van der Waals surface area contributed by atoms with Gasteiger partial charge < -0.3 is 5.32 Å². The molecule has 92 valence electrons. The monoisotopic (exact) mass is 224 g/mol. The molecule has 0 saturated heterocycles. The number of nitrogens with one attached hydrogen (secondary N) is 1. The molecule has 16 heavy (non-hydrogen) atoms. The van der Waals surface area contributed by atoms with Gasteiger partial charge in [-0.25, -0.2) is 0 Å². The highest BCUT2D eigenvalue weighted by atomic mass is 16.2. The molecule has 0 bridgehead atoms. The number of rotatable bonds is 7. The average Bonchev–Trinajstić information content (AvgIpc) is 3.13. The van der Waals surface area contributed by atoms with Crippen molar-refractivity contribution in [2.75, 3.05) is 13.1 Å². The smallest absolute Gasteiger partial charge is 0.234 e. The second kappa shape index (κ2) is 5.17. The van der Waals surface area contributed by atoms with E-state index in [0.29, 0.717) is 18.6 Å². The van der Waals surface area contributed by atoms with E-state index in [4.69, 9.17) is 0 Å². The van der Waals surface area contributed by atoms with Gasteiger partial charge in [0.05, 0.1) is 6.54 Å². The van der Waals surface area contributed by atoms with Gasteiger partial charge in [0, 0.05) is 18.6 Å². The molecule has 0 aromatic heterocycles. The topological polar surface area (TPSA) is 32.3 Å². The predicted octanol–water partition coefficient (Wildman–Crippen LogP) is 1.78. The van der Waals surface area contributed by atoms with Crippen LogP contribution in [-0.2, 0) is 4.79 Å². The van der Waals surface area contributed by atoms with Crippen LogP contribution in [0.2, 0.25) is 0 Å². The molecule has 1 unspecified atom stereocenters. The zero-order chi connectivity index (χ0) is 11.5. The summed E-state index contributed by atoms with van der Waals surface area (Å²) in [6.07, 6.45) is 6.32. The lowest BCUT2D eigenvalue weighted by atomic mass is 10.1. The van der Waals surface area contributed by atoms with Crippen LogP contribution >= 0.6 is 0 Å². The Morgan fingerprint density at radius 2 is 2.06 bits per heavy atom. The van der Waals surface area contributed by atoms with Crippen LogP contribution in [0.5, 0.6) is 0 Å². The van der Waals surface area contributed by atoms with Gasteiger partial charge >= 0.3 is 0 Å². The Hall–Kier alpha value is -0.570. The second-order valence-electron chi connectivity index (χ2n) is 5.33. The summed E-state index contributed by atoms with van der Waals surface area (Å²) < 4.78 is 0. The summed E-state index contributed by atoms with van der Waals surface area (Å²) in [4.78, 5) is 14.2. The fourth-order valence-electron chi connectivity index (χ4n) is 2.35. The third kappa shape index (κ3) is 3.21. The number of hydrogen-bond donors (Lipinski definition) is 1. The van der Waals surface area contributed by atoms with Crippen LogP contribution < -0.4 is 5.32 Å². The fraction of sp³-hybridized carbons (Fsp3) is 0.923. The second-order valence-corrected chi connectivity index (χ2v) is 5.33. The SMILES string of the molecule is CCCNC(=O)CN(C1CC1)C(C)C1CC1. The highest BCUT2D eigenvalue weighted by Crippen LogP contribution is 2.39. The van der Waals surface area contributed by atoms with E-state index in [1.807, 2.05) is 0 Å². The highest BCUT2D eigenvalue weighted by molar-refractivity contribution is 5.78. The van der Waals surface area contributed by atoms with Crippen molar-refractivity contribution in [2.24, 2.45) is 5.92 Å². The Kier molecular flexibility index (Phi) is 3.85. The Morgan fingerprint density at radius 1 is 1.38 bits per heavy atom. The lowest BCUT2D eigenvalue weighted by Crippen LogP contribution is -2.44. The first kappa shape index (κ1) is 11.9. The van der Waals surface area contributed by atoms with Gasteiger partial charge in [-0.2, -0.15) is 0 Å². The molecule has 1 N–H and O–H groups in total. The van der Waals surface area contributed by atoms with Crippen molar-refractivity contribution >= 4 is 5.91 Å². The molecule has 0 heterocycles. The Morgan fingerprint density at radius 3 is 2.56 bits per heavy atom. The minimum atomic E-state index is 0.209. The molecule has 1 amide bonds. The summed E-state index contributed by atoms with van der Waals surface area (Å²) in [5, 5.41) is 2.98. The van der Waals surface area contributed by atoms with Crippen molar-refractivity contribution in [3.8, 4) is 0 Å². The normalized spacial score (nSPS) is 22.2. The lowest BCUT2D eigenvalue weighted by molar-refractivity contribution is -0.123. The van der Waals surface area contributed by atoms with E-state index in [-0.39, 0.29) is 5.91 Å². The van der Waals surface area contributed by atoms with Crippen LogP contribution in [0.3, 0.4) is 0 Å². The fourth-order valence-corrected chi connectivity index (χ4v) is 2.35. The molecule has 3 heteroatoms. The van der Waals surface area contributed by atoms with E-state index >= 15 is 0 Å². The first-order chi connectivity index (χ1) is 7.72. The van der Waals surface area contributed by atoms with Crippen LogP contribution in [0.15, 0.2) is 0 Å². The van der Waals surface area contributed by atoms with E-state index in [1.54, 1.807) is 0 Å². The lowest BCUT2D eigenvalue weighted by Gasteiger charge is -2.28. The van der Waals surface area contributed by atoms with E-state index in [1.165, 1.54) is 25.7 Å². The number of carbonyl (C=O) groups excluding carboxylic acids is 1. The molecule has 0 aromatic rings. The van der Waals surface area contributed by atoms with E-state index in [0.717, 1.165) is 18.9 Å². The van der Waals surface area contributed by atoms with Gasteiger partial charge in [-0.3, -0.25) is 9.69 Å². The first-order valence-corrected chi connectivity index (χ1v) is 6.74. The summed E-state index contributed by atoms with van der Waals surface area (Å²) >= 11 is 0. The van der Waals surface area contributed by atoms with E-state index in [9.17, 15) is 4.79 Å². The maximum absolute atomic E-state index is 11.7. The summed E-state index contributed by atoms with van der Waals surface area (Å²) in [7, 11) is 0. The van der Waals surface area contributed by atoms with Crippen molar-refractivity contribution in [1.82, 2.24) is 10.2 Å². The van der Waals surface area contributed by atoms with E-state index < -0.39 is 0 Å². The molecule has 2 fully saturated rings. The molecule has 3 nitrogen and oxygen atoms in total. The maximum Gasteiger partial charge on any atom is 0.234 e. The Balaban J connectivity index is 1.79. The van der Waals surface area contributed by atoms with Gasteiger partial charge in [0.15, 0.2) is 0 Å². The van der Waals surface area contributed by atoms with Gasteiger partial charge in [-0.15, -0.1) is 0 Å². The maximum atomic E-state index is 11.7. The summed E-state index contributed by atoms with van der Waals surface area (Å²) in [6.45, 7) is 5.81. The molecule has 0 radical (unpaired) electrons. The first-order valence-electron chi connectivity index (χ1n) is 6.74. The van der Waals surface area contributed by atoms with E-state index in [2.05, 4.69) is 24.1 Å². The minimum Gasteiger partial charge on any atom is -0.355 e. The van der Waals surface area contributed by atoms with Gasteiger partial charge in [0.25, 0.3) is 0 Å². The van der Waals surface area contributed by atoms with Crippen molar-refractivity contribution in [2.45, 2.75) is 58.0 Å². The molecule has 1 atom stereocenters. The van der Waals surface area contributed by atoms with Crippen molar-refractivity contribution < 1.29 is 4.79 Å². The van der Waals surface area contributed by atoms with Crippen LogP contribution in [0.1, 0.15) is 46.0 Å². The molecule has 0 spiro atoms. The zero-order valence-electron chi connectivity index (χ0n) is 10.5. The van der Waals surface area contributed by atoms with Crippen molar-refractivity contribution in [3.05, 3.63) is 0 Å². The van der Waals surface area contributed by atoms with Crippen LogP contribution in [0, 0.1) is 5.92 Å². The third-order valence-electron chi connectivity index (χ3n) is 3.74. The Bertz CT molecular complexity index is 246. The molecular weight excluding hydrogens is 200 g/mol. The standard InChI is InChI=1S/C13H24N2O/c1-3-8-14-13(16)9-15(12-6-7-12)10(2)11-4-5-11/h10-12H,3-9H2,1-2H3,(H,14,16). The molecule has 2 aliphatic rings. The third-order valence-corrected chi connectivity index (χ3v) is 3.74. The average molecular weight is 224 g/mol. The van der Waals surface area contributed by atoms with Crippen LogP contribution in [-0.4, -0.2) is 36.0 Å². The number of amides is 1. The Labute approximate surface area is 98.6 Å². The number of carbonyl (C=O) groups is 1. The quantitative estimate of drug-likeness (QED) is 0.715. The van der Waals surface area contributed by atoms with Gasteiger partial charge in [0.2, 0.25) is 5.91 Å². The highest BCUT2D eigenvalue weighted by Gasteiger charge is 2.39. The van der Waals surface area contributed by atoms with Crippen molar-refractivity contribution in [3.63, 3.8) is 0 Å². The summed E-state index contributed by atoms with van der Waals surface area (Å²) in [5.41, 5.74) is 0. The molecule has 0 aromatic carbocycles. The van der Waals surface area contributed by atoms with Gasteiger partial charge in [-0.1, -0.05) is 6.92 Å². The molecular formula is C13H24N2O. The summed E-state index contributed by atoms with van der Waals surface area (Å²) in [5.74, 6) is 1.07. The molecule has 2 aliphatic carbocycles. The largest absolute Gasteiger partial charge is 0.355 e. The van der Waals surface area contributed by atoms with Crippen molar-refractivity contribution in [1.29, 1.82) is 0 Å². The molecule has 0 aliphatic heterocycles. The zero-order valence-corrected chi connectivity index (χ0v) is 10.5. The molecule has 2 rings (SSSR count). The number of hydrogen-bond acceptors (Lipinski definition) is 2. The van der Waals surface area contributed by atoms with Crippen LogP contribution in [0.25, 0.3) is 0 Å². The van der Waals surface area contributed by atoms with Gasteiger partial charge in [0.1, 0.15) is 0 Å². The van der Waals surface area contributed by atoms with Crippen LogP contribution in [0.4, 0.5) is 0 Å². The minimum absolute atomic E-state index is 0.209.